The molecule has 0 fully saturated rings. The fourth-order valence-corrected chi connectivity index (χ4v) is 4.71. The number of phenols is 1. The number of nitrogens with zero attached hydrogens (tertiary/aromatic N) is 1. The van der Waals surface area contributed by atoms with Crippen molar-refractivity contribution in [2.75, 3.05) is 0 Å². The van der Waals surface area contributed by atoms with Crippen LogP contribution in [0.4, 0.5) is 4.79 Å². The molecule has 2 aromatic rings. The molecule has 8 nitrogen and oxygen atoms in total. The number of amides is 3. The summed E-state index contributed by atoms with van der Waals surface area (Å²) in [5, 5.41) is 16.1. The number of carbonyl (C=O) groups excluding carboxylic acids is 3. The van der Waals surface area contributed by atoms with Crippen LogP contribution in [0.5, 0.6) is 5.75 Å². The highest BCUT2D eigenvalue weighted by Gasteiger charge is 2.43. The van der Waals surface area contributed by atoms with Gasteiger partial charge in [-0.25, -0.2) is 4.79 Å². The molecule has 3 N–H and O–H groups in total. The van der Waals surface area contributed by atoms with Crippen LogP contribution in [0.1, 0.15) is 97.4 Å². The van der Waals surface area contributed by atoms with Crippen molar-refractivity contribution in [2.45, 2.75) is 117 Å². The molecule has 0 saturated heterocycles. The van der Waals surface area contributed by atoms with Crippen LogP contribution in [0, 0.1) is 6.92 Å². The number of carbonyl (C=O) groups is 3. The Balaban J connectivity index is 2.68. The van der Waals surface area contributed by atoms with Crippen molar-refractivity contribution < 1.29 is 24.2 Å². The molecule has 41 heavy (non-hydrogen) atoms. The Morgan fingerprint density at radius 1 is 0.976 bits per heavy atom. The van der Waals surface area contributed by atoms with E-state index in [1.807, 2.05) is 58.0 Å². The van der Waals surface area contributed by atoms with E-state index < -0.39 is 35.2 Å². The Labute approximate surface area is 245 Å². The normalized spacial score (nSPS) is 14.0. The summed E-state index contributed by atoms with van der Waals surface area (Å²) in [6.45, 7) is 16.8. The molecule has 0 aliphatic carbocycles. The minimum atomic E-state index is -1.00. The van der Waals surface area contributed by atoms with E-state index in [1.54, 1.807) is 50.8 Å². The molecule has 3 amide bonds. The van der Waals surface area contributed by atoms with Gasteiger partial charge in [-0.2, -0.15) is 0 Å². The van der Waals surface area contributed by atoms with E-state index >= 15 is 0 Å². The van der Waals surface area contributed by atoms with Crippen LogP contribution >= 0.6 is 0 Å². The Bertz CT molecular complexity index is 1170. The predicted octanol–water partition coefficient (Wildman–Crippen LogP) is 6.20. The quantitative estimate of drug-likeness (QED) is 0.283. The highest BCUT2D eigenvalue weighted by molar-refractivity contribution is 5.93. The molecular formula is C33H49N3O5. The molecule has 0 bridgehead atoms. The summed E-state index contributed by atoms with van der Waals surface area (Å²) in [6, 6.07) is 12.3. The van der Waals surface area contributed by atoms with Gasteiger partial charge in [0, 0.05) is 18.0 Å². The first-order chi connectivity index (χ1) is 19.1. The fraction of sp³-hybridized carbons (Fsp3) is 0.545. The van der Waals surface area contributed by atoms with Gasteiger partial charge in [-0.1, -0.05) is 56.7 Å². The van der Waals surface area contributed by atoms with Crippen molar-refractivity contribution >= 4 is 17.9 Å². The zero-order chi connectivity index (χ0) is 31.0. The van der Waals surface area contributed by atoms with Gasteiger partial charge in [0.2, 0.25) is 11.8 Å². The van der Waals surface area contributed by atoms with Crippen LogP contribution in [0.25, 0.3) is 0 Å². The average molecular weight is 568 g/mol. The first-order valence-electron chi connectivity index (χ1n) is 14.6. The zero-order valence-electron chi connectivity index (χ0n) is 26.2. The predicted molar refractivity (Wildman–Crippen MR) is 163 cm³/mol. The SMILES string of the molecule is CCCC(C)NC(=O)C(c1ccc(O)c(C)c1)N(C(=O)C(Cc1ccccc1)NC(=O)OC(C)(C)C)C(C)(C)CC. The Morgan fingerprint density at radius 2 is 1.61 bits per heavy atom. The molecule has 0 aromatic heterocycles. The van der Waals surface area contributed by atoms with Crippen molar-refractivity contribution in [2.24, 2.45) is 0 Å². The van der Waals surface area contributed by atoms with Gasteiger partial charge in [0.25, 0.3) is 0 Å². The van der Waals surface area contributed by atoms with Gasteiger partial charge in [-0.15, -0.1) is 0 Å². The molecular weight excluding hydrogens is 518 g/mol. The number of benzene rings is 2. The molecule has 0 spiro atoms. The summed E-state index contributed by atoms with van der Waals surface area (Å²) in [4.78, 5) is 43.3. The average Bonchev–Trinajstić information content (AvgIpc) is 2.87. The number of aromatic hydroxyl groups is 1. The topological polar surface area (TPSA) is 108 Å². The third kappa shape index (κ3) is 9.80. The van der Waals surface area contributed by atoms with Crippen LogP contribution in [-0.2, 0) is 20.7 Å². The number of phenolic OH excluding ortho intramolecular Hbond substituents is 1. The van der Waals surface area contributed by atoms with Gasteiger partial charge < -0.3 is 25.4 Å². The highest BCUT2D eigenvalue weighted by Crippen LogP contribution is 2.34. The highest BCUT2D eigenvalue weighted by atomic mass is 16.6. The fourth-order valence-electron chi connectivity index (χ4n) is 4.71. The molecule has 0 radical (unpaired) electrons. The van der Waals surface area contributed by atoms with Crippen molar-refractivity contribution in [1.82, 2.24) is 15.5 Å². The van der Waals surface area contributed by atoms with E-state index in [0.717, 1.165) is 18.4 Å². The summed E-state index contributed by atoms with van der Waals surface area (Å²) < 4.78 is 5.52. The number of alkyl carbamates (subject to hydrolysis) is 1. The van der Waals surface area contributed by atoms with Crippen LogP contribution in [-0.4, -0.2) is 51.1 Å². The molecule has 0 heterocycles. The lowest BCUT2D eigenvalue weighted by Gasteiger charge is -2.45. The summed E-state index contributed by atoms with van der Waals surface area (Å²) >= 11 is 0. The van der Waals surface area contributed by atoms with Gasteiger partial charge in [0.05, 0.1) is 0 Å². The second-order valence-corrected chi connectivity index (χ2v) is 12.4. The largest absolute Gasteiger partial charge is 0.508 e. The third-order valence-electron chi connectivity index (χ3n) is 7.18. The van der Waals surface area contributed by atoms with E-state index in [9.17, 15) is 19.5 Å². The lowest BCUT2D eigenvalue weighted by atomic mass is 9.90. The Hall–Kier alpha value is -3.55. The van der Waals surface area contributed by atoms with Gasteiger partial charge in [0.1, 0.15) is 23.4 Å². The number of hydrogen-bond donors (Lipinski definition) is 3. The standard InChI is InChI=1S/C33H49N3O5/c1-10-15-23(4)34-29(38)28(25-18-19-27(37)22(3)20-25)36(33(8,9)11-2)30(39)26(21-24-16-13-12-14-17-24)35-31(40)41-32(5,6)7/h12-14,16-20,23,26,28,37H,10-11,15,21H2,1-9H3,(H,34,38)(H,35,40). The van der Waals surface area contributed by atoms with E-state index in [-0.39, 0.29) is 24.1 Å². The minimum Gasteiger partial charge on any atom is -0.508 e. The van der Waals surface area contributed by atoms with Gasteiger partial charge in [-0.05, 0) is 90.1 Å². The van der Waals surface area contributed by atoms with Crippen molar-refractivity contribution in [3.8, 4) is 5.75 Å². The van der Waals surface area contributed by atoms with Gasteiger partial charge >= 0.3 is 6.09 Å². The van der Waals surface area contributed by atoms with Gasteiger partial charge in [-0.3, -0.25) is 9.59 Å². The minimum absolute atomic E-state index is 0.102. The van der Waals surface area contributed by atoms with Crippen LogP contribution in [0.15, 0.2) is 48.5 Å². The smallest absolute Gasteiger partial charge is 0.408 e. The summed E-state index contributed by atoms with van der Waals surface area (Å²) in [5.74, 6) is -0.615. The number of ether oxygens (including phenoxy) is 1. The molecule has 3 unspecified atom stereocenters. The second-order valence-electron chi connectivity index (χ2n) is 12.4. The first-order valence-corrected chi connectivity index (χ1v) is 14.6. The monoisotopic (exact) mass is 567 g/mol. The van der Waals surface area contributed by atoms with E-state index in [4.69, 9.17) is 4.74 Å². The van der Waals surface area contributed by atoms with Crippen molar-refractivity contribution in [3.63, 3.8) is 0 Å². The van der Waals surface area contributed by atoms with Crippen LogP contribution < -0.4 is 10.6 Å². The van der Waals surface area contributed by atoms with E-state index in [1.165, 1.54) is 0 Å². The van der Waals surface area contributed by atoms with Crippen molar-refractivity contribution in [3.05, 3.63) is 65.2 Å². The molecule has 226 valence electrons. The van der Waals surface area contributed by atoms with E-state index in [0.29, 0.717) is 17.5 Å². The van der Waals surface area contributed by atoms with E-state index in [2.05, 4.69) is 17.6 Å². The molecule has 0 saturated carbocycles. The lowest BCUT2D eigenvalue weighted by Crippen LogP contribution is -2.60. The number of hydrogen-bond acceptors (Lipinski definition) is 5. The Kier molecular flexibility index (Phi) is 11.8. The third-order valence-corrected chi connectivity index (χ3v) is 7.18. The van der Waals surface area contributed by atoms with Crippen LogP contribution in [0.2, 0.25) is 0 Å². The molecule has 2 aromatic carbocycles. The molecule has 3 atom stereocenters. The summed E-state index contributed by atoms with van der Waals surface area (Å²) in [6.07, 6.45) is 1.74. The number of rotatable bonds is 12. The maximum absolute atomic E-state index is 14.7. The number of nitrogens with one attached hydrogen (secondary N) is 2. The summed E-state index contributed by atoms with van der Waals surface area (Å²) in [5.41, 5.74) is 0.495. The maximum atomic E-state index is 14.7. The molecule has 0 aliphatic heterocycles. The van der Waals surface area contributed by atoms with Crippen LogP contribution in [0.3, 0.4) is 0 Å². The Morgan fingerprint density at radius 3 is 2.15 bits per heavy atom. The first kappa shape index (κ1) is 33.7. The second kappa shape index (κ2) is 14.4. The lowest BCUT2D eigenvalue weighted by molar-refractivity contribution is -0.149. The zero-order valence-corrected chi connectivity index (χ0v) is 26.2. The molecule has 0 aliphatic rings. The molecule has 8 heteroatoms. The maximum Gasteiger partial charge on any atom is 0.408 e. The van der Waals surface area contributed by atoms with Crippen molar-refractivity contribution in [1.29, 1.82) is 0 Å². The van der Waals surface area contributed by atoms with Gasteiger partial charge in [0.15, 0.2) is 0 Å². The number of aryl methyl sites for hydroxylation is 1. The molecule has 2 rings (SSSR count). The summed E-state index contributed by atoms with van der Waals surface area (Å²) in [7, 11) is 0.